The van der Waals surface area contributed by atoms with Crippen LogP contribution in [0.5, 0.6) is 0 Å². The lowest BCUT2D eigenvalue weighted by atomic mass is 10.2. The van der Waals surface area contributed by atoms with Crippen LogP contribution in [0.25, 0.3) is 17.4 Å². The van der Waals surface area contributed by atoms with Gasteiger partial charge in [-0.15, -0.1) is 0 Å². The number of imide groups is 1. The lowest BCUT2D eigenvalue weighted by Gasteiger charge is -2.11. The Morgan fingerprint density at radius 2 is 1.86 bits per heavy atom. The number of hydrogen-bond donors (Lipinski definition) is 1. The molecule has 0 aliphatic carbocycles. The molecule has 3 amide bonds. The van der Waals surface area contributed by atoms with Crippen molar-refractivity contribution in [2.75, 3.05) is 0 Å². The summed E-state index contributed by atoms with van der Waals surface area (Å²) < 4.78 is 19.0. The van der Waals surface area contributed by atoms with Gasteiger partial charge < -0.3 is 9.73 Å². The van der Waals surface area contributed by atoms with Crippen molar-refractivity contribution in [1.29, 1.82) is 0 Å². The molecule has 1 saturated heterocycles. The van der Waals surface area contributed by atoms with Crippen LogP contribution in [0.3, 0.4) is 0 Å². The Morgan fingerprint density at radius 3 is 2.61 bits per heavy atom. The molecule has 1 aliphatic heterocycles. The summed E-state index contributed by atoms with van der Waals surface area (Å²) in [4.78, 5) is 25.8. The monoisotopic (exact) mass is 396 g/mol. The molecule has 0 unspecified atom stereocenters. The van der Waals surface area contributed by atoms with Gasteiger partial charge in [-0.3, -0.25) is 9.69 Å². The minimum absolute atomic E-state index is 0.110. The summed E-state index contributed by atoms with van der Waals surface area (Å²) in [6.45, 7) is 0.131. The van der Waals surface area contributed by atoms with Gasteiger partial charge in [0.1, 0.15) is 23.0 Å². The minimum Gasteiger partial charge on any atom is -0.457 e. The van der Waals surface area contributed by atoms with Gasteiger partial charge in [0.15, 0.2) is 0 Å². The molecule has 1 fully saturated rings. The average molecular weight is 397 g/mol. The molecule has 0 bridgehead atoms. The summed E-state index contributed by atoms with van der Waals surface area (Å²) in [7, 11) is 0. The van der Waals surface area contributed by atoms with Gasteiger partial charge in [-0.25, -0.2) is 9.18 Å². The number of rotatable bonds is 4. The second-order valence-electron chi connectivity index (χ2n) is 6.22. The Balaban J connectivity index is 1.53. The number of benzene rings is 2. The maximum atomic E-state index is 13.4. The number of furan rings is 1. The maximum absolute atomic E-state index is 13.4. The van der Waals surface area contributed by atoms with Crippen molar-refractivity contribution in [3.8, 4) is 11.3 Å². The summed E-state index contributed by atoms with van der Waals surface area (Å²) >= 11 is 5.85. The van der Waals surface area contributed by atoms with Gasteiger partial charge >= 0.3 is 6.03 Å². The van der Waals surface area contributed by atoms with Crippen LogP contribution in [-0.4, -0.2) is 16.8 Å². The Hall–Kier alpha value is -3.38. The van der Waals surface area contributed by atoms with Crippen LogP contribution in [0, 0.1) is 5.82 Å². The van der Waals surface area contributed by atoms with Gasteiger partial charge in [0.05, 0.1) is 6.54 Å². The number of halogens is 2. The van der Waals surface area contributed by atoms with E-state index in [1.807, 2.05) is 0 Å². The third-order valence-corrected chi connectivity index (χ3v) is 4.49. The van der Waals surface area contributed by atoms with Gasteiger partial charge in [-0.2, -0.15) is 0 Å². The van der Waals surface area contributed by atoms with Crippen molar-refractivity contribution in [2.45, 2.75) is 6.54 Å². The minimum atomic E-state index is -0.511. The molecule has 0 radical (unpaired) electrons. The number of nitrogens with one attached hydrogen (secondary N) is 1. The van der Waals surface area contributed by atoms with Crippen LogP contribution in [-0.2, 0) is 11.3 Å². The molecule has 7 heteroatoms. The fourth-order valence-corrected chi connectivity index (χ4v) is 2.98. The van der Waals surface area contributed by atoms with E-state index in [0.29, 0.717) is 22.1 Å². The van der Waals surface area contributed by atoms with Crippen molar-refractivity contribution in [2.24, 2.45) is 0 Å². The molecule has 0 saturated carbocycles. The molecule has 140 valence electrons. The number of amides is 3. The van der Waals surface area contributed by atoms with E-state index in [2.05, 4.69) is 5.32 Å². The van der Waals surface area contributed by atoms with Crippen molar-refractivity contribution in [3.05, 3.63) is 88.5 Å². The summed E-state index contributed by atoms with van der Waals surface area (Å²) in [6.07, 6.45) is 1.45. The molecule has 2 heterocycles. The first kappa shape index (κ1) is 18.0. The highest BCUT2D eigenvalue weighted by Gasteiger charge is 2.33. The third-order valence-electron chi connectivity index (χ3n) is 4.24. The number of urea groups is 1. The number of carbonyl (C=O) groups excluding carboxylic acids is 2. The van der Waals surface area contributed by atoms with E-state index < -0.39 is 11.9 Å². The van der Waals surface area contributed by atoms with E-state index in [1.54, 1.807) is 48.5 Å². The van der Waals surface area contributed by atoms with Crippen LogP contribution in [0.15, 0.2) is 70.8 Å². The van der Waals surface area contributed by atoms with Crippen molar-refractivity contribution in [3.63, 3.8) is 0 Å². The van der Waals surface area contributed by atoms with Crippen molar-refractivity contribution in [1.82, 2.24) is 10.2 Å². The van der Waals surface area contributed by atoms with Gasteiger partial charge in [0.2, 0.25) is 0 Å². The molecule has 1 aromatic heterocycles. The highest BCUT2D eigenvalue weighted by molar-refractivity contribution is 6.30. The zero-order valence-electron chi connectivity index (χ0n) is 14.5. The van der Waals surface area contributed by atoms with E-state index in [0.717, 1.165) is 10.5 Å². The molecular weight excluding hydrogens is 383 g/mol. The Morgan fingerprint density at radius 1 is 1.07 bits per heavy atom. The number of nitrogens with zero attached hydrogens (tertiary/aromatic N) is 1. The molecule has 5 nitrogen and oxygen atoms in total. The predicted molar refractivity (Wildman–Crippen MR) is 103 cm³/mol. The van der Waals surface area contributed by atoms with Crippen molar-refractivity contribution < 1.29 is 18.4 Å². The first-order chi connectivity index (χ1) is 13.5. The summed E-state index contributed by atoms with van der Waals surface area (Å²) in [6, 6.07) is 15.7. The van der Waals surface area contributed by atoms with E-state index in [4.69, 9.17) is 16.0 Å². The number of hydrogen-bond acceptors (Lipinski definition) is 3. The molecule has 1 aliphatic rings. The Kier molecular flexibility index (Phi) is 4.71. The highest BCUT2D eigenvalue weighted by Crippen LogP contribution is 2.25. The highest BCUT2D eigenvalue weighted by atomic mass is 35.5. The molecule has 0 spiro atoms. The van der Waals surface area contributed by atoms with Crippen LogP contribution in [0.4, 0.5) is 9.18 Å². The van der Waals surface area contributed by atoms with E-state index in [1.165, 1.54) is 18.2 Å². The van der Waals surface area contributed by atoms with Crippen LogP contribution in [0.2, 0.25) is 5.02 Å². The Labute approximate surface area is 165 Å². The lowest BCUT2D eigenvalue weighted by molar-refractivity contribution is -0.123. The first-order valence-electron chi connectivity index (χ1n) is 8.44. The molecule has 3 aromatic rings. The zero-order valence-corrected chi connectivity index (χ0v) is 15.2. The Bertz CT molecular complexity index is 1090. The van der Waals surface area contributed by atoms with E-state index in [9.17, 15) is 14.0 Å². The third kappa shape index (κ3) is 3.68. The summed E-state index contributed by atoms with van der Waals surface area (Å²) in [5.74, 6) is 0.00549. The standard InChI is InChI=1S/C21H14ClFN2O3/c22-15-6-4-13(5-7-15)12-25-20(26)18(24-21(25)27)11-17-8-9-19(28-17)14-2-1-3-16(23)10-14/h1-11H,12H2,(H,24,27)/b18-11-. The van der Waals surface area contributed by atoms with Gasteiger partial charge in [-0.1, -0.05) is 35.9 Å². The zero-order chi connectivity index (χ0) is 19.7. The smallest absolute Gasteiger partial charge is 0.329 e. The summed E-state index contributed by atoms with van der Waals surface area (Å²) in [5, 5.41) is 3.12. The second-order valence-corrected chi connectivity index (χ2v) is 6.65. The average Bonchev–Trinajstić information content (AvgIpc) is 3.24. The largest absolute Gasteiger partial charge is 0.457 e. The van der Waals surface area contributed by atoms with Crippen LogP contribution >= 0.6 is 11.6 Å². The normalized spacial score (nSPS) is 15.4. The fraction of sp³-hybridized carbons (Fsp3) is 0.0476. The van der Waals surface area contributed by atoms with Gasteiger partial charge in [0, 0.05) is 16.7 Å². The molecule has 1 N–H and O–H groups in total. The SMILES string of the molecule is O=C1N/C(=C\c2ccc(-c3cccc(F)c3)o2)C(=O)N1Cc1ccc(Cl)cc1. The first-order valence-corrected chi connectivity index (χ1v) is 8.82. The molecule has 28 heavy (non-hydrogen) atoms. The quantitative estimate of drug-likeness (QED) is 0.507. The van der Waals surface area contributed by atoms with Crippen LogP contribution < -0.4 is 5.32 Å². The molecular formula is C21H14ClFN2O3. The van der Waals surface area contributed by atoms with E-state index in [-0.39, 0.29) is 18.1 Å². The van der Waals surface area contributed by atoms with Gasteiger partial charge in [-0.05, 0) is 42.0 Å². The van der Waals surface area contributed by atoms with Crippen molar-refractivity contribution >= 4 is 29.6 Å². The van der Waals surface area contributed by atoms with E-state index >= 15 is 0 Å². The predicted octanol–water partition coefficient (Wildman–Crippen LogP) is 4.83. The lowest BCUT2D eigenvalue weighted by Crippen LogP contribution is -2.30. The maximum Gasteiger partial charge on any atom is 0.329 e. The molecule has 2 aromatic carbocycles. The topological polar surface area (TPSA) is 62.6 Å². The number of carbonyl (C=O) groups is 2. The fourth-order valence-electron chi connectivity index (χ4n) is 2.86. The van der Waals surface area contributed by atoms with Crippen LogP contribution in [0.1, 0.15) is 11.3 Å². The second kappa shape index (κ2) is 7.32. The molecule has 0 atom stereocenters. The molecule has 4 rings (SSSR count). The summed E-state index contributed by atoms with van der Waals surface area (Å²) in [5.41, 5.74) is 1.47. The van der Waals surface area contributed by atoms with Gasteiger partial charge in [0.25, 0.3) is 5.91 Å².